The molecule has 0 radical (unpaired) electrons. The summed E-state index contributed by atoms with van der Waals surface area (Å²) in [5, 5.41) is 1.15. The van der Waals surface area contributed by atoms with Crippen LogP contribution in [0.1, 0.15) is 12.0 Å². The largest absolute Gasteiger partial charge is 0.468 e. The third-order valence-corrected chi connectivity index (χ3v) is 4.08. The van der Waals surface area contributed by atoms with E-state index < -0.39 is 6.04 Å². The molecule has 0 saturated heterocycles. The Bertz CT molecular complexity index is 589. The first-order chi connectivity index (χ1) is 9.70. The Labute approximate surface area is 122 Å². The summed E-state index contributed by atoms with van der Waals surface area (Å²) in [5.41, 5.74) is 7.95. The highest BCUT2D eigenvalue weighted by molar-refractivity contribution is 7.98. The molecule has 0 aliphatic rings. The van der Waals surface area contributed by atoms with Crippen LogP contribution in [0.5, 0.6) is 0 Å². The van der Waals surface area contributed by atoms with Crippen molar-refractivity contribution >= 4 is 28.6 Å². The molecule has 0 aliphatic heterocycles. The summed E-state index contributed by atoms with van der Waals surface area (Å²) in [7, 11) is 1.36. The first-order valence-corrected chi connectivity index (χ1v) is 7.61. The second-order valence-corrected chi connectivity index (χ2v) is 5.61. The van der Waals surface area contributed by atoms with Gasteiger partial charge in [0.1, 0.15) is 6.04 Å². The van der Waals surface area contributed by atoms with Crippen LogP contribution in [0.2, 0.25) is 0 Å². The van der Waals surface area contributed by atoms with E-state index in [0.29, 0.717) is 6.42 Å². The van der Waals surface area contributed by atoms with E-state index in [1.807, 2.05) is 12.1 Å². The van der Waals surface area contributed by atoms with E-state index in [0.717, 1.165) is 22.4 Å². The van der Waals surface area contributed by atoms with Crippen molar-refractivity contribution in [1.82, 2.24) is 4.98 Å². The number of aromatic nitrogens is 1. The van der Waals surface area contributed by atoms with Crippen molar-refractivity contribution in [3.05, 3.63) is 42.1 Å². The molecule has 106 valence electrons. The fraction of sp³-hybridized carbons (Fsp3) is 0.333. The number of hydrogen-bond donors (Lipinski definition) is 1. The summed E-state index contributed by atoms with van der Waals surface area (Å²) in [4.78, 5) is 15.5. The van der Waals surface area contributed by atoms with Gasteiger partial charge >= 0.3 is 5.97 Å². The van der Waals surface area contributed by atoms with E-state index >= 15 is 0 Å². The Kier molecular flexibility index (Phi) is 5.38. The second kappa shape index (κ2) is 7.26. The zero-order valence-corrected chi connectivity index (χ0v) is 12.2. The number of benzene rings is 1. The topological polar surface area (TPSA) is 65.2 Å². The molecular formula is C15H18N2O2S. The molecule has 0 saturated carbocycles. The van der Waals surface area contributed by atoms with Crippen molar-refractivity contribution in [2.24, 2.45) is 5.73 Å². The summed E-state index contributed by atoms with van der Waals surface area (Å²) in [6, 6.07) is 9.75. The van der Waals surface area contributed by atoms with Gasteiger partial charge in [-0.15, -0.1) is 0 Å². The number of hydrogen-bond acceptors (Lipinski definition) is 5. The molecule has 20 heavy (non-hydrogen) atoms. The number of rotatable bonds is 6. The van der Waals surface area contributed by atoms with Gasteiger partial charge in [0.15, 0.2) is 0 Å². The molecule has 1 unspecified atom stereocenters. The fourth-order valence-corrected chi connectivity index (χ4v) is 2.86. The van der Waals surface area contributed by atoms with Gasteiger partial charge in [0, 0.05) is 17.3 Å². The zero-order chi connectivity index (χ0) is 14.4. The number of nitrogens with zero attached hydrogens (tertiary/aromatic N) is 1. The SMILES string of the molecule is COC(=O)C(N)CCSCc1ccc2ncccc2c1. The minimum absolute atomic E-state index is 0.345. The second-order valence-electron chi connectivity index (χ2n) is 4.50. The van der Waals surface area contributed by atoms with E-state index in [-0.39, 0.29) is 5.97 Å². The summed E-state index contributed by atoms with van der Waals surface area (Å²) >= 11 is 1.76. The molecule has 2 aromatic rings. The van der Waals surface area contributed by atoms with Gasteiger partial charge in [0.25, 0.3) is 0 Å². The van der Waals surface area contributed by atoms with Crippen molar-refractivity contribution in [2.45, 2.75) is 18.2 Å². The van der Waals surface area contributed by atoms with Crippen molar-refractivity contribution in [2.75, 3.05) is 12.9 Å². The Hall–Kier alpha value is -1.59. The summed E-state index contributed by atoms with van der Waals surface area (Å²) in [6.45, 7) is 0. The molecule has 2 N–H and O–H groups in total. The average Bonchev–Trinajstić information content (AvgIpc) is 2.50. The lowest BCUT2D eigenvalue weighted by molar-refractivity contribution is -0.142. The average molecular weight is 290 g/mol. The van der Waals surface area contributed by atoms with Crippen LogP contribution in [0.4, 0.5) is 0 Å². The lowest BCUT2D eigenvalue weighted by Gasteiger charge is -2.08. The van der Waals surface area contributed by atoms with Crippen molar-refractivity contribution in [3.63, 3.8) is 0 Å². The molecule has 0 spiro atoms. The fourth-order valence-electron chi connectivity index (χ4n) is 1.88. The van der Waals surface area contributed by atoms with Crippen molar-refractivity contribution in [3.8, 4) is 0 Å². The van der Waals surface area contributed by atoms with Gasteiger partial charge in [-0.1, -0.05) is 12.1 Å². The molecule has 4 nitrogen and oxygen atoms in total. The number of ether oxygens (including phenoxy) is 1. The Morgan fingerprint density at radius 1 is 1.45 bits per heavy atom. The molecule has 0 fully saturated rings. The van der Waals surface area contributed by atoms with E-state index in [9.17, 15) is 4.79 Å². The predicted molar refractivity (Wildman–Crippen MR) is 82.5 cm³/mol. The summed E-state index contributed by atoms with van der Waals surface area (Å²) < 4.78 is 4.60. The lowest BCUT2D eigenvalue weighted by Crippen LogP contribution is -2.31. The standard InChI is InChI=1S/C15H18N2O2S/c1-19-15(18)13(16)6-8-20-10-11-4-5-14-12(9-11)3-2-7-17-14/h2-5,7,9,13H,6,8,10,16H2,1H3. The van der Waals surface area contributed by atoms with Gasteiger partial charge in [-0.25, -0.2) is 0 Å². The van der Waals surface area contributed by atoms with Gasteiger partial charge in [-0.2, -0.15) is 11.8 Å². The Balaban J connectivity index is 1.82. The monoisotopic (exact) mass is 290 g/mol. The molecule has 1 atom stereocenters. The molecule has 1 heterocycles. The van der Waals surface area contributed by atoms with E-state index in [4.69, 9.17) is 5.73 Å². The number of fused-ring (bicyclic) bond motifs is 1. The molecule has 2 rings (SSSR count). The van der Waals surface area contributed by atoms with Crippen LogP contribution in [0, 0.1) is 0 Å². The maximum absolute atomic E-state index is 11.2. The number of carbonyl (C=O) groups excluding carboxylic acids is 1. The third-order valence-electron chi connectivity index (χ3n) is 3.01. The van der Waals surface area contributed by atoms with E-state index in [2.05, 4.69) is 27.9 Å². The quantitative estimate of drug-likeness (QED) is 0.653. The third kappa shape index (κ3) is 3.95. The molecular weight excluding hydrogens is 272 g/mol. The van der Waals surface area contributed by atoms with Gasteiger partial charge in [-0.3, -0.25) is 9.78 Å². The molecule has 5 heteroatoms. The van der Waals surface area contributed by atoms with Crippen LogP contribution in [-0.4, -0.2) is 29.9 Å². The van der Waals surface area contributed by atoms with Gasteiger partial charge in [0.2, 0.25) is 0 Å². The molecule has 1 aromatic heterocycles. The minimum atomic E-state index is -0.520. The highest BCUT2D eigenvalue weighted by Crippen LogP contribution is 2.18. The van der Waals surface area contributed by atoms with Crippen molar-refractivity contribution < 1.29 is 9.53 Å². The molecule has 0 amide bonds. The van der Waals surface area contributed by atoms with Crippen LogP contribution < -0.4 is 5.73 Å². The van der Waals surface area contributed by atoms with E-state index in [1.165, 1.54) is 12.7 Å². The van der Waals surface area contributed by atoms with E-state index in [1.54, 1.807) is 18.0 Å². The number of esters is 1. The normalized spacial score (nSPS) is 12.3. The smallest absolute Gasteiger partial charge is 0.322 e. The first kappa shape index (κ1) is 14.8. The maximum atomic E-state index is 11.2. The van der Waals surface area contributed by atoms with Gasteiger partial charge < -0.3 is 10.5 Å². The number of carbonyl (C=O) groups is 1. The van der Waals surface area contributed by atoms with Crippen LogP contribution in [-0.2, 0) is 15.3 Å². The Morgan fingerprint density at radius 3 is 3.10 bits per heavy atom. The highest BCUT2D eigenvalue weighted by atomic mass is 32.2. The van der Waals surface area contributed by atoms with Crippen LogP contribution in [0.3, 0.4) is 0 Å². The van der Waals surface area contributed by atoms with Crippen LogP contribution in [0.15, 0.2) is 36.5 Å². The zero-order valence-electron chi connectivity index (χ0n) is 11.4. The molecule has 1 aromatic carbocycles. The predicted octanol–water partition coefficient (Wildman–Crippen LogP) is 2.36. The maximum Gasteiger partial charge on any atom is 0.322 e. The number of thioether (sulfide) groups is 1. The highest BCUT2D eigenvalue weighted by Gasteiger charge is 2.12. The molecule has 0 bridgehead atoms. The number of methoxy groups -OCH3 is 1. The minimum Gasteiger partial charge on any atom is -0.468 e. The molecule has 0 aliphatic carbocycles. The first-order valence-electron chi connectivity index (χ1n) is 6.45. The Morgan fingerprint density at radius 2 is 2.30 bits per heavy atom. The van der Waals surface area contributed by atoms with Crippen molar-refractivity contribution in [1.29, 1.82) is 0 Å². The van der Waals surface area contributed by atoms with Gasteiger partial charge in [-0.05, 0) is 35.9 Å². The number of nitrogens with two attached hydrogens (primary N) is 1. The number of pyridine rings is 1. The van der Waals surface area contributed by atoms with Crippen LogP contribution in [0.25, 0.3) is 10.9 Å². The van der Waals surface area contributed by atoms with Gasteiger partial charge in [0.05, 0.1) is 12.6 Å². The van der Waals surface area contributed by atoms with Crippen LogP contribution >= 0.6 is 11.8 Å². The summed E-state index contributed by atoms with van der Waals surface area (Å²) in [5.74, 6) is 1.39. The summed E-state index contributed by atoms with van der Waals surface area (Å²) in [6.07, 6.45) is 2.43. The lowest BCUT2D eigenvalue weighted by atomic mass is 10.1.